The van der Waals surface area contributed by atoms with Crippen molar-refractivity contribution in [1.82, 2.24) is 4.98 Å². The van der Waals surface area contributed by atoms with Crippen LogP contribution in [0, 0.1) is 0 Å². The Labute approximate surface area is 139 Å². The van der Waals surface area contributed by atoms with Gasteiger partial charge in [0.15, 0.2) is 0 Å². The van der Waals surface area contributed by atoms with Gasteiger partial charge in [-0.25, -0.2) is 4.98 Å². The van der Waals surface area contributed by atoms with Crippen LogP contribution in [0.4, 0.5) is 0 Å². The molecule has 0 aliphatic heterocycles. The van der Waals surface area contributed by atoms with Crippen LogP contribution in [0.5, 0.6) is 5.75 Å². The molecule has 0 N–H and O–H groups in total. The lowest BCUT2D eigenvalue weighted by Crippen LogP contribution is -1.98. The number of hydrogen-bond acceptors (Lipinski definition) is 2. The summed E-state index contributed by atoms with van der Waals surface area (Å²) in [4.78, 5) is 4.37. The zero-order chi connectivity index (χ0) is 15.4. The molecule has 0 atom stereocenters. The van der Waals surface area contributed by atoms with E-state index < -0.39 is 0 Å². The van der Waals surface area contributed by atoms with E-state index in [9.17, 15) is 0 Å². The van der Waals surface area contributed by atoms with Crippen molar-refractivity contribution in [3.8, 4) is 17.0 Å². The van der Waals surface area contributed by atoms with Gasteiger partial charge in [-0.1, -0.05) is 71.7 Å². The zero-order valence-corrected chi connectivity index (χ0v) is 13.2. The molecule has 0 unspecified atom stereocenters. The second-order valence-corrected chi connectivity index (χ2v) is 5.53. The predicted molar refractivity (Wildman–Crippen MR) is 90.5 cm³/mol. The fourth-order valence-corrected chi connectivity index (χ4v) is 2.49. The lowest BCUT2D eigenvalue weighted by molar-refractivity contribution is 0.306. The first-order chi connectivity index (χ1) is 10.7. The average molecular weight is 330 g/mol. The third-order valence-electron chi connectivity index (χ3n) is 3.19. The number of benzene rings is 2. The number of rotatable bonds is 4. The summed E-state index contributed by atoms with van der Waals surface area (Å²) in [7, 11) is 0. The molecule has 0 saturated heterocycles. The summed E-state index contributed by atoms with van der Waals surface area (Å²) >= 11 is 12.3. The van der Waals surface area contributed by atoms with Crippen LogP contribution >= 0.6 is 23.2 Å². The van der Waals surface area contributed by atoms with Crippen molar-refractivity contribution in [1.29, 1.82) is 0 Å². The maximum atomic E-state index is 6.26. The Morgan fingerprint density at radius 2 is 1.55 bits per heavy atom. The zero-order valence-electron chi connectivity index (χ0n) is 11.7. The molecular formula is C18H13Cl2NO. The SMILES string of the molecule is Clc1ccc(OCc2ccccc2)c(-c2ccccc2Cl)n1. The Kier molecular flexibility index (Phi) is 4.62. The highest BCUT2D eigenvalue weighted by Crippen LogP contribution is 2.34. The third kappa shape index (κ3) is 3.41. The summed E-state index contributed by atoms with van der Waals surface area (Å²) in [5.41, 5.74) is 2.53. The van der Waals surface area contributed by atoms with Gasteiger partial charge in [-0.05, 0) is 23.8 Å². The van der Waals surface area contributed by atoms with Gasteiger partial charge < -0.3 is 4.74 Å². The van der Waals surface area contributed by atoms with Crippen molar-refractivity contribution in [3.63, 3.8) is 0 Å². The summed E-state index contributed by atoms with van der Waals surface area (Å²) in [5, 5.41) is 1.02. The monoisotopic (exact) mass is 329 g/mol. The van der Waals surface area contributed by atoms with E-state index in [-0.39, 0.29) is 0 Å². The predicted octanol–water partition coefficient (Wildman–Crippen LogP) is 5.63. The fourth-order valence-electron chi connectivity index (χ4n) is 2.12. The molecule has 3 rings (SSSR count). The van der Waals surface area contributed by atoms with E-state index in [1.807, 2.05) is 60.7 Å². The van der Waals surface area contributed by atoms with Gasteiger partial charge in [-0.2, -0.15) is 0 Å². The molecule has 3 aromatic rings. The van der Waals surface area contributed by atoms with Gasteiger partial charge in [-0.15, -0.1) is 0 Å². The lowest BCUT2D eigenvalue weighted by Gasteiger charge is -2.12. The van der Waals surface area contributed by atoms with Crippen LogP contribution in [0.2, 0.25) is 10.2 Å². The largest absolute Gasteiger partial charge is 0.487 e. The summed E-state index contributed by atoms with van der Waals surface area (Å²) < 4.78 is 5.91. The van der Waals surface area contributed by atoms with Gasteiger partial charge in [0.2, 0.25) is 0 Å². The molecule has 0 bridgehead atoms. The first kappa shape index (κ1) is 14.9. The van der Waals surface area contributed by atoms with Crippen LogP contribution in [-0.2, 0) is 6.61 Å². The highest BCUT2D eigenvalue weighted by molar-refractivity contribution is 6.33. The highest BCUT2D eigenvalue weighted by Gasteiger charge is 2.12. The Balaban J connectivity index is 1.93. The average Bonchev–Trinajstić information content (AvgIpc) is 2.55. The van der Waals surface area contributed by atoms with Crippen molar-refractivity contribution in [2.24, 2.45) is 0 Å². The highest BCUT2D eigenvalue weighted by atomic mass is 35.5. The normalized spacial score (nSPS) is 10.5. The van der Waals surface area contributed by atoms with Crippen LogP contribution in [-0.4, -0.2) is 4.98 Å². The van der Waals surface area contributed by atoms with E-state index >= 15 is 0 Å². The summed E-state index contributed by atoms with van der Waals surface area (Å²) in [6.45, 7) is 0.460. The van der Waals surface area contributed by atoms with E-state index in [4.69, 9.17) is 27.9 Å². The number of nitrogens with zero attached hydrogens (tertiary/aromatic N) is 1. The molecule has 1 aromatic heterocycles. The van der Waals surface area contributed by atoms with Crippen LogP contribution in [0.15, 0.2) is 66.7 Å². The fraction of sp³-hybridized carbons (Fsp3) is 0.0556. The number of halogens is 2. The molecule has 110 valence electrons. The molecule has 0 saturated carbocycles. The number of pyridine rings is 1. The smallest absolute Gasteiger partial charge is 0.146 e. The first-order valence-electron chi connectivity index (χ1n) is 6.82. The number of aromatic nitrogens is 1. The molecule has 0 aliphatic rings. The van der Waals surface area contributed by atoms with Gasteiger partial charge in [0, 0.05) is 5.56 Å². The molecule has 4 heteroatoms. The summed E-state index contributed by atoms with van der Waals surface area (Å²) in [5.74, 6) is 0.654. The van der Waals surface area contributed by atoms with Gasteiger partial charge in [-0.3, -0.25) is 0 Å². The van der Waals surface area contributed by atoms with E-state index in [2.05, 4.69) is 4.98 Å². The van der Waals surface area contributed by atoms with E-state index in [1.165, 1.54) is 0 Å². The van der Waals surface area contributed by atoms with E-state index in [1.54, 1.807) is 6.07 Å². The van der Waals surface area contributed by atoms with Crippen molar-refractivity contribution >= 4 is 23.2 Å². The minimum absolute atomic E-state index is 0.405. The molecule has 22 heavy (non-hydrogen) atoms. The van der Waals surface area contributed by atoms with Gasteiger partial charge >= 0.3 is 0 Å². The summed E-state index contributed by atoms with van der Waals surface area (Å²) in [6.07, 6.45) is 0. The van der Waals surface area contributed by atoms with E-state index in [0.29, 0.717) is 28.2 Å². The van der Waals surface area contributed by atoms with Crippen molar-refractivity contribution in [2.45, 2.75) is 6.61 Å². The van der Waals surface area contributed by atoms with Crippen LogP contribution in [0.1, 0.15) is 5.56 Å². The standard InChI is InChI=1S/C18H13Cl2NO/c19-15-9-5-4-8-14(15)18-16(10-11-17(20)21-18)22-12-13-6-2-1-3-7-13/h1-11H,12H2. The third-order valence-corrected chi connectivity index (χ3v) is 3.73. The second kappa shape index (κ2) is 6.82. The Morgan fingerprint density at radius 3 is 2.32 bits per heavy atom. The van der Waals surface area contributed by atoms with Crippen molar-refractivity contribution in [2.75, 3.05) is 0 Å². The lowest BCUT2D eigenvalue weighted by atomic mass is 10.1. The van der Waals surface area contributed by atoms with Gasteiger partial charge in [0.1, 0.15) is 23.2 Å². The molecule has 0 fully saturated rings. The molecule has 1 heterocycles. The van der Waals surface area contributed by atoms with Crippen molar-refractivity contribution < 1.29 is 4.74 Å². The van der Waals surface area contributed by atoms with Crippen LogP contribution in [0.25, 0.3) is 11.3 Å². The first-order valence-corrected chi connectivity index (χ1v) is 7.58. The van der Waals surface area contributed by atoms with Gasteiger partial charge in [0.05, 0.1) is 5.02 Å². The number of hydrogen-bond donors (Lipinski definition) is 0. The maximum Gasteiger partial charge on any atom is 0.146 e. The molecule has 0 radical (unpaired) electrons. The van der Waals surface area contributed by atoms with Gasteiger partial charge in [0.25, 0.3) is 0 Å². The van der Waals surface area contributed by atoms with E-state index in [0.717, 1.165) is 11.1 Å². The number of ether oxygens (including phenoxy) is 1. The quantitative estimate of drug-likeness (QED) is 0.578. The Morgan fingerprint density at radius 1 is 0.818 bits per heavy atom. The molecule has 2 aromatic carbocycles. The molecular weight excluding hydrogens is 317 g/mol. The van der Waals surface area contributed by atoms with Crippen LogP contribution < -0.4 is 4.74 Å². The molecule has 0 spiro atoms. The maximum absolute atomic E-state index is 6.26. The molecule has 0 amide bonds. The van der Waals surface area contributed by atoms with Crippen LogP contribution in [0.3, 0.4) is 0 Å². The molecule has 0 aliphatic carbocycles. The minimum atomic E-state index is 0.405. The molecule has 2 nitrogen and oxygen atoms in total. The Hall–Kier alpha value is -2.03. The second-order valence-electron chi connectivity index (χ2n) is 4.73. The topological polar surface area (TPSA) is 22.1 Å². The Bertz CT molecular complexity index is 775. The summed E-state index contributed by atoms with van der Waals surface area (Å²) in [6, 6.07) is 21.0. The van der Waals surface area contributed by atoms with Crippen molar-refractivity contribution in [3.05, 3.63) is 82.5 Å². The minimum Gasteiger partial charge on any atom is -0.487 e.